The third kappa shape index (κ3) is 5.18. The van der Waals surface area contributed by atoms with Crippen LogP contribution in [-0.2, 0) is 4.79 Å². The summed E-state index contributed by atoms with van der Waals surface area (Å²) in [4.78, 5) is 11.1. The molecule has 1 amide bonds. The minimum absolute atomic E-state index is 0.102. The molecule has 0 atom stereocenters. The van der Waals surface area contributed by atoms with E-state index in [0.717, 1.165) is 5.75 Å². The molecule has 0 aliphatic rings. The van der Waals surface area contributed by atoms with Crippen LogP contribution in [0.3, 0.4) is 0 Å². The average Bonchev–Trinajstić information content (AvgIpc) is 2.58. The minimum atomic E-state index is -0.754. The number of nitrogens with zero attached hydrogens (tertiary/aromatic N) is 1. The number of hydrogen-bond acceptors (Lipinski definition) is 4. The maximum atomic E-state index is 11.1. The highest BCUT2D eigenvalue weighted by Gasteiger charge is 2.04. The van der Waals surface area contributed by atoms with Gasteiger partial charge in [-0.05, 0) is 42.8 Å². The first-order chi connectivity index (χ1) is 11.6. The SMILES string of the molecule is Cc1ccc(OCCOc2cccc(/C=C(\C#N)C(N)=O)c2)cc1. The molecule has 0 aromatic heterocycles. The zero-order valence-corrected chi connectivity index (χ0v) is 13.4. The van der Waals surface area contributed by atoms with Crippen molar-refractivity contribution in [3.8, 4) is 17.6 Å². The second-order valence-electron chi connectivity index (χ2n) is 5.12. The van der Waals surface area contributed by atoms with Crippen molar-refractivity contribution in [2.45, 2.75) is 6.92 Å². The Bertz CT molecular complexity index is 774. The quantitative estimate of drug-likeness (QED) is 0.482. The van der Waals surface area contributed by atoms with E-state index in [2.05, 4.69) is 0 Å². The van der Waals surface area contributed by atoms with Crippen molar-refractivity contribution in [2.75, 3.05) is 13.2 Å². The normalized spacial score (nSPS) is 10.8. The number of primary amides is 1. The first-order valence-electron chi connectivity index (χ1n) is 7.42. The van der Waals surface area contributed by atoms with Crippen LogP contribution in [0.1, 0.15) is 11.1 Å². The molecule has 0 spiro atoms. The van der Waals surface area contributed by atoms with E-state index >= 15 is 0 Å². The number of nitriles is 1. The van der Waals surface area contributed by atoms with Crippen LogP contribution in [0.15, 0.2) is 54.1 Å². The fourth-order valence-corrected chi connectivity index (χ4v) is 1.97. The minimum Gasteiger partial charge on any atom is -0.490 e. The molecule has 0 radical (unpaired) electrons. The lowest BCUT2D eigenvalue weighted by molar-refractivity contribution is -0.114. The van der Waals surface area contributed by atoms with Crippen LogP contribution < -0.4 is 15.2 Å². The van der Waals surface area contributed by atoms with Crippen molar-refractivity contribution in [2.24, 2.45) is 5.73 Å². The second-order valence-corrected chi connectivity index (χ2v) is 5.12. The summed E-state index contributed by atoms with van der Waals surface area (Å²) in [7, 11) is 0. The highest BCUT2D eigenvalue weighted by molar-refractivity contribution is 6.00. The summed E-state index contributed by atoms with van der Waals surface area (Å²) < 4.78 is 11.2. The van der Waals surface area contributed by atoms with Gasteiger partial charge in [-0.3, -0.25) is 4.79 Å². The molecule has 0 unspecified atom stereocenters. The van der Waals surface area contributed by atoms with E-state index in [-0.39, 0.29) is 5.57 Å². The number of aryl methyl sites for hydroxylation is 1. The van der Waals surface area contributed by atoms with Crippen molar-refractivity contribution in [1.82, 2.24) is 0 Å². The van der Waals surface area contributed by atoms with E-state index in [1.807, 2.05) is 31.2 Å². The lowest BCUT2D eigenvalue weighted by atomic mass is 10.1. The molecular weight excluding hydrogens is 304 g/mol. The number of carbonyl (C=O) groups excluding carboxylic acids is 1. The first-order valence-corrected chi connectivity index (χ1v) is 7.42. The molecule has 5 nitrogen and oxygen atoms in total. The molecule has 0 aliphatic carbocycles. The van der Waals surface area contributed by atoms with Gasteiger partial charge in [0.1, 0.15) is 36.4 Å². The third-order valence-electron chi connectivity index (χ3n) is 3.20. The molecule has 2 aromatic rings. The summed E-state index contributed by atoms with van der Waals surface area (Å²) >= 11 is 0. The van der Waals surface area contributed by atoms with Gasteiger partial charge in [0, 0.05) is 0 Å². The number of benzene rings is 2. The Hall–Kier alpha value is -3.26. The molecule has 2 N–H and O–H groups in total. The highest BCUT2D eigenvalue weighted by Crippen LogP contribution is 2.16. The smallest absolute Gasteiger partial charge is 0.259 e. The monoisotopic (exact) mass is 322 g/mol. The van der Waals surface area contributed by atoms with Gasteiger partial charge in [-0.25, -0.2) is 0 Å². The molecule has 0 saturated carbocycles. The zero-order chi connectivity index (χ0) is 17.4. The summed E-state index contributed by atoms with van der Waals surface area (Å²) in [6.45, 7) is 2.81. The Morgan fingerprint density at radius 1 is 1.12 bits per heavy atom. The molecule has 0 aliphatic heterocycles. The Kier molecular flexibility index (Phi) is 5.98. The summed E-state index contributed by atoms with van der Waals surface area (Å²) in [5.41, 5.74) is 6.86. The Morgan fingerprint density at radius 2 is 1.79 bits per heavy atom. The van der Waals surface area contributed by atoms with Gasteiger partial charge in [-0.15, -0.1) is 0 Å². The Labute approximate surface area is 140 Å². The van der Waals surface area contributed by atoms with E-state index in [1.54, 1.807) is 30.3 Å². The molecule has 24 heavy (non-hydrogen) atoms. The Morgan fingerprint density at radius 3 is 2.42 bits per heavy atom. The molecular formula is C19H18N2O3. The predicted octanol–water partition coefficient (Wildman–Crippen LogP) is 2.85. The molecule has 2 aromatic carbocycles. The number of hydrogen-bond donors (Lipinski definition) is 1. The molecule has 0 saturated heterocycles. The van der Waals surface area contributed by atoms with Crippen molar-refractivity contribution in [3.63, 3.8) is 0 Å². The number of amides is 1. The molecule has 122 valence electrons. The van der Waals surface area contributed by atoms with E-state index in [1.165, 1.54) is 11.6 Å². The van der Waals surface area contributed by atoms with Crippen molar-refractivity contribution in [3.05, 3.63) is 65.2 Å². The first kappa shape index (κ1) is 17.1. The highest BCUT2D eigenvalue weighted by atomic mass is 16.5. The number of ether oxygens (including phenoxy) is 2. The van der Waals surface area contributed by atoms with Gasteiger partial charge in [0.2, 0.25) is 0 Å². The molecule has 2 rings (SSSR count). The van der Waals surface area contributed by atoms with Crippen LogP contribution in [0.25, 0.3) is 6.08 Å². The largest absolute Gasteiger partial charge is 0.490 e. The maximum Gasteiger partial charge on any atom is 0.259 e. The van der Waals surface area contributed by atoms with E-state index in [4.69, 9.17) is 20.5 Å². The van der Waals surface area contributed by atoms with Crippen molar-refractivity contribution in [1.29, 1.82) is 5.26 Å². The lowest BCUT2D eigenvalue weighted by Crippen LogP contribution is -2.12. The number of nitrogens with two attached hydrogens (primary N) is 1. The lowest BCUT2D eigenvalue weighted by Gasteiger charge is -2.09. The van der Waals surface area contributed by atoms with Gasteiger partial charge in [-0.2, -0.15) is 5.26 Å². The van der Waals surface area contributed by atoms with Crippen LogP contribution in [0.2, 0.25) is 0 Å². The topological polar surface area (TPSA) is 85.3 Å². The summed E-state index contributed by atoms with van der Waals surface area (Å²) in [6.07, 6.45) is 1.43. The van der Waals surface area contributed by atoms with Crippen molar-refractivity contribution >= 4 is 12.0 Å². The van der Waals surface area contributed by atoms with Gasteiger partial charge in [0.05, 0.1) is 0 Å². The zero-order valence-electron chi connectivity index (χ0n) is 13.4. The fraction of sp³-hybridized carbons (Fsp3) is 0.158. The van der Waals surface area contributed by atoms with Gasteiger partial charge >= 0.3 is 0 Å². The van der Waals surface area contributed by atoms with E-state index in [9.17, 15) is 4.79 Å². The second kappa shape index (κ2) is 8.39. The van der Waals surface area contributed by atoms with Gasteiger partial charge in [0.25, 0.3) is 5.91 Å². The number of rotatable bonds is 7. The van der Waals surface area contributed by atoms with Gasteiger partial charge < -0.3 is 15.2 Å². The van der Waals surface area contributed by atoms with Crippen LogP contribution in [-0.4, -0.2) is 19.1 Å². The molecule has 0 heterocycles. The van der Waals surface area contributed by atoms with E-state index in [0.29, 0.717) is 24.5 Å². The summed E-state index contributed by atoms with van der Waals surface area (Å²) in [5, 5.41) is 8.86. The molecule has 0 fully saturated rings. The van der Waals surface area contributed by atoms with Gasteiger partial charge in [-0.1, -0.05) is 29.8 Å². The van der Waals surface area contributed by atoms with Crippen LogP contribution in [0, 0.1) is 18.3 Å². The van der Waals surface area contributed by atoms with Crippen molar-refractivity contribution < 1.29 is 14.3 Å². The standard InChI is InChI=1S/C19H18N2O3/c1-14-5-7-17(8-6-14)23-9-10-24-18-4-2-3-15(12-18)11-16(13-20)19(21)22/h2-8,11-12H,9-10H2,1H3,(H2,21,22)/b16-11+. The third-order valence-corrected chi connectivity index (χ3v) is 3.20. The van der Waals surface area contributed by atoms with Gasteiger partial charge in [0.15, 0.2) is 0 Å². The fourth-order valence-electron chi connectivity index (χ4n) is 1.97. The average molecular weight is 322 g/mol. The summed E-state index contributed by atoms with van der Waals surface area (Å²) in [5.74, 6) is 0.661. The van der Waals surface area contributed by atoms with E-state index < -0.39 is 5.91 Å². The maximum absolute atomic E-state index is 11.1. The number of carbonyl (C=O) groups is 1. The van der Waals surface area contributed by atoms with Crippen LogP contribution >= 0.6 is 0 Å². The van der Waals surface area contributed by atoms with Crippen LogP contribution in [0.5, 0.6) is 11.5 Å². The predicted molar refractivity (Wildman–Crippen MR) is 91.4 cm³/mol. The molecule has 0 bridgehead atoms. The van der Waals surface area contributed by atoms with Crippen LogP contribution in [0.4, 0.5) is 0 Å². The Balaban J connectivity index is 1.89. The summed E-state index contributed by atoms with van der Waals surface area (Å²) in [6, 6.07) is 16.6. The molecule has 5 heteroatoms.